The van der Waals surface area contributed by atoms with E-state index in [9.17, 15) is 9.59 Å². The van der Waals surface area contributed by atoms with E-state index in [1.165, 1.54) is 5.69 Å². The second-order valence-electron chi connectivity index (χ2n) is 7.27. The first-order valence-electron chi connectivity index (χ1n) is 10.7. The smallest absolute Gasteiger partial charge is 0.226 e. The molecule has 0 atom stereocenters. The molecule has 8 heteroatoms. The van der Waals surface area contributed by atoms with Crippen molar-refractivity contribution in [3.63, 3.8) is 0 Å². The summed E-state index contributed by atoms with van der Waals surface area (Å²) in [5.41, 5.74) is 2.36. The van der Waals surface area contributed by atoms with Gasteiger partial charge in [-0.2, -0.15) is 0 Å². The summed E-state index contributed by atoms with van der Waals surface area (Å²) in [5.74, 6) is 1.91. The summed E-state index contributed by atoms with van der Waals surface area (Å²) in [6, 6.07) is 12.1. The highest BCUT2D eigenvalue weighted by Crippen LogP contribution is 2.19. The van der Waals surface area contributed by atoms with Gasteiger partial charge in [-0.05, 0) is 0 Å². The van der Waals surface area contributed by atoms with Gasteiger partial charge in [-0.25, -0.2) is 9.13 Å². The Kier molecular flexibility index (Phi) is 12.1. The molecule has 0 spiro atoms. The zero-order valence-electron chi connectivity index (χ0n) is 18.5. The third-order valence-electron chi connectivity index (χ3n) is 4.82. The highest BCUT2D eigenvalue weighted by Gasteiger charge is 2.09. The summed E-state index contributed by atoms with van der Waals surface area (Å²) < 4.78 is 4.25. The van der Waals surface area contributed by atoms with E-state index < -0.39 is 0 Å². The largest absolute Gasteiger partial charge is 0.355 e. The average molecular weight is 463 g/mol. The Morgan fingerprint density at radius 2 is 1.29 bits per heavy atom. The fraction of sp³-hybridized carbons (Fsp3) is 0.478. The van der Waals surface area contributed by atoms with E-state index in [4.69, 9.17) is 0 Å². The molecule has 0 saturated carbocycles. The summed E-state index contributed by atoms with van der Waals surface area (Å²) in [6.07, 6.45) is 5.92. The van der Waals surface area contributed by atoms with Crippen molar-refractivity contribution in [3.05, 3.63) is 60.2 Å². The normalized spacial score (nSPS) is 10.6. The van der Waals surface area contributed by atoms with Crippen LogP contribution in [0.4, 0.5) is 0 Å². The van der Waals surface area contributed by atoms with Gasteiger partial charge in [0.25, 0.3) is 0 Å². The van der Waals surface area contributed by atoms with E-state index in [1.54, 1.807) is 21.6 Å². The molecule has 0 bridgehead atoms. The maximum Gasteiger partial charge on any atom is 0.226 e. The maximum atomic E-state index is 11.9. The van der Waals surface area contributed by atoms with Crippen molar-refractivity contribution in [3.8, 4) is 0 Å². The molecular formula is C23H34N4O2S2+2. The Labute approximate surface area is 193 Å². The molecule has 2 amide bonds. The molecule has 168 valence electrons. The van der Waals surface area contributed by atoms with Crippen LogP contribution in [0, 0.1) is 13.8 Å². The number of rotatable bonds is 14. The topological polar surface area (TPSA) is 66.0 Å². The zero-order valence-corrected chi connectivity index (χ0v) is 20.1. The summed E-state index contributed by atoms with van der Waals surface area (Å²) in [6.45, 7) is 7.01. The van der Waals surface area contributed by atoms with Crippen molar-refractivity contribution >= 4 is 33.4 Å². The molecular weight excluding hydrogens is 428 g/mol. The molecule has 0 unspecified atom stereocenters. The standard InChI is InChI=1S/C23H32N4O2S2/c1-20-8-3-5-14-26(20)16-7-10-22(28)24-12-18-30-31-19-13-25-23(29)11-17-27-15-6-4-9-21(27)2/h3-6,8-9,14-15H,7,10-13,16-19H2,1-2H3/p+2. The molecule has 2 heterocycles. The van der Waals surface area contributed by atoms with E-state index in [2.05, 4.69) is 32.8 Å². The quantitative estimate of drug-likeness (QED) is 0.257. The van der Waals surface area contributed by atoms with Gasteiger partial charge in [0, 0.05) is 75.5 Å². The van der Waals surface area contributed by atoms with Crippen LogP contribution in [0.3, 0.4) is 0 Å². The Morgan fingerprint density at radius 1 is 0.774 bits per heavy atom. The molecule has 6 nitrogen and oxygen atoms in total. The van der Waals surface area contributed by atoms with Gasteiger partial charge in [-0.15, -0.1) is 0 Å². The predicted molar refractivity (Wildman–Crippen MR) is 128 cm³/mol. The summed E-state index contributed by atoms with van der Waals surface area (Å²) in [7, 11) is 3.45. The Bertz CT molecular complexity index is 833. The van der Waals surface area contributed by atoms with Gasteiger partial charge in [-0.3, -0.25) is 9.59 Å². The number of hydrogen-bond donors (Lipinski definition) is 2. The number of nitrogens with zero attached hydrogens (tertiary/aromatic N) is 2. The average Bonchev–Trinajstić information content (AvgIpc) is 2.76. The lowest BCUT2D eigenvalue weighted by molar-refractivity contribution is -0.703. The van der Waals surface area contributed by atoms with Gasteiger partial charge in [0.1, 0.15) is 6.54 Å². The molecule has 0 radical (unpaired) electrons. The van der Waals surface area contributed by atoms with Crippen LogP contribution in [0.2, 0.25) is 0 Å². The number of nitrogens with one attached hydrogen (secondary N) is 2. The molecule has 0 aliphatic rings. The lowest BCUT2D eigenvalue weighted by Crippen LogP contribution is -2.39. The SMILES string of the molecule is Cc1cccc[n+]1CCCC(=O)NCCSSCCNC(=O)CC[n+]1ccccc1C. The van der Waals surface area contributed by atoms with Crippen molar-refractivity contribution < 1.29 is 18.7 Å². The number of aryl methyl sites for hydroxylation is 4. The molecule has 2 N–H and O–H groups in total. The van der Waals surface area contributed by atoms with Gasteiger partial charge < -0.3 is 10.6 Å². The van der Waals surface area contributed by atoms with Gasteiger partial charge in [0.05, 0.1) is 6.42 Å². The highest BCUT2D eigenvalue weighted by atomic mass is 33.1. The molecule has 2 aromatic heterocycles. The molecule has 31 heavy (non-hydrogen) atoms. The van der Waals surface area contributed by atoms with Gasteiger partial charge in [-0.1, -0.05) is 33.7 Å². The Morgan fingerprint density at radius 3 is 1.84 bits per heavy atom. The number of aromatic nitrogens is 2. The second kappa shape index (κ2) is 14.9. The number of amides is 2. The van der Waals surface area contributed by atoms with Crippen LogP contribution in [0.1, 0.15) is 30.7 Å². The maximum absolute atomic E-state index is 11.9. The van der Waals surface area contributed by atoms with Crippen molar-refractivity contribution in [2.75, 3.05) is 24.6 Å². The molecule has 0 aliphatic heterocycles. The minimum absolute atomic E-state index is 0.0810. The zero-order chi connectivity index (χ0) is 22.3. The Balaban J connectivity index is 1.41. The second-order valence-corrected chi connectivity index (χ2v) is 9.97. The minimum Gasteiger partial charge on any atom is -0.355 e. The third-order valence-corrected chi connectivity index (χ3v) is 7.22. The van der Waals surface area contributed by atoms with Gasteiger partial charge in [0.2, 0.25) is 11.8 Å². The van der Waals surface area contributed by atoms with Crippen LogP contribution in [-0.4, -0.2) is 36.4 Å². The number of carbonyl (C=O) groups is 2. The van der Waals surface area contributed by atoms with Crippen LogP contribution < -0.4 is 19.8 Å². The van der Waals surface area contributed by atoms with Crippen LogP contribution in [0.15, 0.2) is 48.8 Å². The fourth-order valence-corrected chi connectivity index (χ4v) is 4.83. The van der Waals surface area contributed by atoms with Gasteiger partial charge >= 0.3 is 0 Å². The summed E-state index contributed by atoms with van der Waals surface area (Å²) in [4.78, 5) is 23.9. The first-order valence-corrected chi connectivity index (χ1v) is 13.2. The van der Waals surface area contributed by atoms with E-state index in [0.717, 1.165) is 30.2 Å². The van der Waals surface area contributed by atoms with Gasteiger partial charge in [0.15, 0.2) is 30.3 Å². The number of carbonyl (C=O) groups excluding carboxylic acids is 2. The monoisotopic (exact) mass is 462 g/mol. The third kappa shape index (κ3) is 10.7. The van der Waals surface area contributed by atoms with E-state index in [-0.39, 0.29) is 11.8 Å². The van der Waals surface area contributed by atoms with E-state index in [1.807, 2.05) is 49.6 Å². The molecule has 0 saturated heterocycles. The summed E-state index contributed by atoms with van der Waals surface area (Å²) in [5, 5.41) is 5.94. The molecule has 2 rings (SSSR count). The highest BCUT2D eigenvalue weighted by molar-refractivity contribution is 8.76. The lowest BCUT2D eigenvalue weighted by atomic mass is 10.2. The predicted octanol–water partition coefficient (Wildman–Crippen LogP) is 2.36. The van der Waals surface area contributed by atoms with Crippen LogP contribution in [0.25, 0.3) is 0 Å². The molecule has 0 aliphatic carbocycles. The summed E-state index contributed by atoms with van der Waals surface area (Å²) >= 11 is 0. The van der Waals surface area contributed by atoms with Crippen molar-refractivity contribution in [2.45, 2.75) is 46.2 Å². The van der Waals surface area contributed by atoms with Crippen LogP contribution >= 0.6 is 21.6 Å². The number of hydrogen-bond acceptors (Lipinski definition) is 4. The lowest BCUT2D eigenvalue weighted by Gasteiger charge is -2.06. The fourth-order valence-electron chi connectivity index (χ4n) is 3.02. The number of pyridine rings is 2. The van der Waals surface area contributed by atoms with E-state index in [0.29, 0.717) is 32.5 Å². The van der Waals surface area contributed by atoms with Crippen molar-refractivity contribution in [2.24, 2.45) is 0 Å². The van der Waals surface area contributed by atoms with Crippen molar-refractivity contribution in [1.29, 1.82) is 0 Å². The van der Waals surface area contributed by atoms with Crippen LogP contribution in [-0.2, 0) is 22.7 Å². The molecule has 0 fully saturated rings. The molecule has 2 aromatic rings. The van der Waals surface area contributed by atoms with E-state index >= 15 is 0 Å². The minimum atomic E-state index is 0.0810. The Hall–Kier alpha value is -2.06. The first kappa shape index (κ1) is 25.2. The van der Waals surface area contributed by atoms with Crippen LogP contribution in [0.5, 0.6) is 0 Å². The molecule has 0 aromatic carbocycles. The van der Waals surface area contributed by atoms with Crippen molar-refractivity contribution in [1.82, 2.24) is 10.6 Å². The first-order chi connectivity index (χ1) is 15.1.